The molecule has 0 aliphatic rings. The first kappa shape index (κ1) is 11.0. The molecule has 2 aromatic heterocycles. The van der Waals surface area contributed by atoms with Gasteiger partial charge < -0.3 is 14.5 Å². The van der Waals surface area contributed by atoms with Gasteiger partial charge in [-0.1, -0.05) is 6.92 Å². The second-order valence-corrected chi connectivity index (χ2v) is 3.84. The fourth-order valence-electron chi connectivity index (χ4n) is 1.65. The lowest BCUT2D eigenvalue weighted by molar-refractivity contribution is 0.579. The second-order valence-electron chi connectivity index (χ2n) is 3.84. The Balaban J connectivity index is 1.83. The van der Waals surface area contributed by atoms with Crippen LogP contribution in [-0.4, -0.2) is 20.7 Å². The molecule has 0 spiro atoms. The van der Waals surface area contributed by atoms with Gasteiger partial charge in [-0.2, -0.15) is 0 Å². The van der Waals surface area contributed by atoms with Gasteiger partial charge in [0.1, 0.15) is 0 Å². The minimum Gasteiger partial charge on any atom is -0.352 e. The number of hydrogen-bond donors (Lipinski definition) is 1. The molecule has 16 heavy (non-hydrogen) atoms. The van der Waals surface area contributed by atoms with Gasteiger partial charge in [-0.05, 0) is 18.2 Å². The van der Waals surface area contributed by atoms with Crippen molar-refractivity contribution in [1.82, 2.24) is 19.4 Å². The summed E-state index contributed by atoms with van der Waals surface area (Å²) in [7, 11) is 0. The quantitative estimate of drug-likeness (QED) is 0.797. The molecule has 0 bridgehead atoms. The van der Waals surface area contributed by atoms with Gasteiger partial charge in [0.2, 0.25) is 0 Å². The highest BCUT2D eigenvalue weighted by atomic mass is 15.1. The van der Waals surface area contributed by atoms with Crippen LogP contribution in [0, 0.1) is 0 Å². The van der Waals surface area contributed by atoms with Crippen molar-refractivity contribution in [3.8, 4) is 0 Å². The van der Waals surface area contributed by atoms with Crippen molar-refractivity contribution in [3.05, 3.63) is 42.7 Å². The Hall–Kier alpha value is -1.55. The zero-order valence-corrected chi connectivity index (χ0v) is 9.63. The van der Waals surface area contributed by atoms with Crippen molar-refractivity contribution in [2.75, 3.05) is 6.54 Å². The molecule has 4 heteroatoms. The van der Waals surface area contributed by atoms with Crippen molar-refractivity contribution in [2.24, 2.45) is 0 Å². The summed E-state index contributed by atoms with van der Waals surface area (Å²) in [5, 5.41) is 3.32. The van der Waals surface area contributed by atoms with Crippen LogP contribution in [0.3, 0.4) is 0 Å². The van der Waals surface area contributed by atoms with Crippen molar-refractivity contribution >= 4 is 0 Å². The molecule has 0 saturated carbocycles. The smallest absolute Gasteiger partial charge is 0.0946 e. The summed E-state index contributed by atoms with van der Waals surface area (Å²) in [5.74, 6) is 0. The third-order valence-electron chi connectivity index (χ3n) is 2.57. The molecule has 0 fully saturated rings. The Morgan fingerprint density at radius 1 is 1.25 bits per heavy atom. The average Bonchev–Trinajstić information content (AvgIpc) is 2.95. The van der Waals surface area contributed by atoms with Gasteiger partial charge in [0.05, 0.1) is 6.33 Å². The van der Waals surface area contributed by atoms with Crippen LogP contribution < -0.4 is 5.32 Å². The van der Waals surface area contributed by atoms with Crippen LogP contribution in [0.1, 0.15) is 12.5 Å². The molecule has 2 heterocycles. The second kappa shape index (κ2) is 5.51. The fraction of sp³-hybridized carbons (Fsp3) is 0.417. The lowest BCUT2D eigenvalue weighted by Crippen LogP contribution is -2.11. The Morgan fingerprint density at radius 2 is 2.12 bits per heavy atom. The maximum Gasteiger partial charge on any atom is 0.0946 e. The molecule has 0 amide bonds. The monoisotopic (exact) mass is 218 g/mol. The average molecular weight is 218 g/mol. The highest BCUT2D eigenvalue weighted by Crippen LogP contribution is 2.01. The van der Waals surface area contributed by atoms with E-state index >= 15 is 0 Å². The normalized spacial score (nSPS) is 10.8. The van der Waals surface area contributed by atoms with Crippen molar-refractivity contribution in [1.29, 1.82) is 0 Å². The minimum absolute atomic E-state index is 0.953. The van der Waals surface area contributed by atoms with E-state index in [1.54, 1.807) is 0 Å². The summed E-state index contributed by atoms with van der Waals surface area (Å²) < 4.78 is 4.30. The third-order valence-corrected chi connectivity index (χ3v) is 2.57. The Morgan fingerprint density at radius 3 is 2.88 bits per heavy atom. The summed E-state index contributed by atoms with van der Waals surface area (Å²) in [5.41, 5.74) is 1.34. The van der Waals surface area contributed by atoms with Gasteiger partial charge in [-0.3, -0.25) is 0 Å². The largest absolute Gasteiger partial charge is 0.352 e. The van der Waals surface area contributed by atoms with E-state index in [2.05, 4.69) is 44.8 Å². The van der Waals surface area contributed by atoms with Gasteiger partial charge in [0.25, 0.3) is 0 Å². The molecular weight excluding hydrogens is 200 g/mol. The maximum absolute atomic E-state index is 4.02. The summed E-state index contributed by atoms with van der Waals surface area (Å²) in [6.45, 7) is 6.04. The minimum atomic E-state index is 0.953. The van der Waals surface area contributed by atoms with Crippen molar-refractivity contribution < 1.29 is 0 Å². The SMILES string of the molecule is CCNCc1ccn(CCn2ccnc2)c1. The summed E-state index contributed by atoms with van der Waals surface area (Å²) in [6.07, 6.45) is 9.97. The van der Waals surface area contributed by atoms with E-state index in [1.807, 2.05) is 18.7 Å². The van der Waals surface area contributed by atoms with Gasteiger partial charge >= 0.3 is 0 Å². The van der Waals surface area contributed by atoms with Crippen LogP contribution in [0.4, 0.5) is 0 Å². The summed E-state index contributed by atoms with van der Waals surface area (Å²) in [4.78, 5) is 4.02. The van der Waals surface area contributed by atoms with E-state index in [9.17, 15) is 0 Å². The van der Waals surface area contributed by atoms with Crippen LogP contribution in [0.15, 0.2) is 37.2 Å². The van der Waals surface area contributed by atoms with E-state index in [1.165, 1.54) is 5.56 Å². The number of imidazole rings is 1. The molecule has 0 aliphatic carbocycles. The molecule has 0 radical (unpaired) electrons. The van der Waals surface area contributed by atoms with Gasteiger partial charge in [-0.25, -0.2) is 4.98 Å². The molecular formula is C12H18N4. The highest BCUT2D eigenvalue weighted by molar-refractivity contribution is 5.09. The Kier molecular flexibility index (Phi) is 3.77. The number of nitrogens with zero attached hydrogens (tertiary/aromatic N) is 3. The molecule has 0 saturated heterocycles. The lowest BCUT2D eigenvalue weighted by Gasteiger charge is -2.03. The summed E-state index contributed by atoms with van der Waals surface area (Å²) in [6, 6.07) is 2.16. The van der Waals surface area contributed by atoms with Gasteiger partial charge in [-0.15, -0.1) is 0 Å². The first-order chi connectivity index (χ1) is 7.88. The number of nitrogens with one attached hydrogen (secondary N) is 1. The lowest BCUT2D eigenvalue weighted by atomic mass is 10.3. The maximum atomic E-state index is 4.02. The molecule has 86 valence electrons. The van der Waals surface area contributed by atoms with Crippen LogP contribution in [0.25, 0.3) is 0 Å². The number of rotatable bonds is 6. The number of aromatic nitrogens is 3. The van der Waals surface area contributed by atoms with Crippen LogP contribution in [0.5, 0.6) is 0 Å². The van der Waals surface area contributed by atoms with E-state index in [0.29, 0.717) is 0 Å². The first-order valence-corrected chi connectivity index (χ1v) is 5.69. The first-order valence-electron chi connectivity index (χ1n) is 5.69. The molecule has 4 nitrogen and oxygen atoms in total. The predicted molar refractivity (Wildman–Crippen MR) is 64.0 cm³/mol. The van der Waals surface area contributed by atoms with Gasteiger partial charge in [0.15, 0.2) is 0 Å². The zero-order valence-electron chi connectivity index (χ0n) is 9.63. The van der Waals surface area contributed by atoms with E-state index in [0.717, 1.165) is 26.2 Å². The molecule has 1 N–H and O–H groups in total. The van der Waals surface area contributed by atoms with E-state index < -0.39 is 0 Å². The van der Waals surface area contributed by atoms with Crippen molar-refractivity contribution in [2.45, 2.75) is 26.6 Å². The van der Waals surface area contributed by atoms with Crippen LogP contribution in [-0.2, 0) is 19.6 Å². The summed E-state index contributed by atoms with van der Waals surface area (Å²) >= 11 is 0. The Labute approximate surface area is 95.9 Å². The van der Waals surface area contributed by atoms with Gasteiger partial charge in [0, 0.05) is 44.4 Å². The predicted octanol–water partition coefficient (Wildman–Crippen LogP) is 1.49. The topological polar surface area (TPSA) is 34.8 Å². The van der Waals surface area contributed by atoms with E-state index in [4.69, 9.17) is 0 Å². The molecule has 0 aliphatic heterocycles. The standard InChI is InChI=1S/C12H18N4/c1-2-13-9-12-3-5-15(10-12)7-8-16-6-4-14-11-16/h3-6,10-11,13H,2,7-9H2,1H3. The van der Waals surface area contributed by atoms with E-state index in [-0.39, 0.29) is 0 Å². The number of hydrogen-bond acceptors (Lipinski definition) is 2. The molecule has 0 atom stereocenters. The van der Waals surface area contributed by atoms with Crippen LogP contribution >= 0.6 is 0 Å². The third kappa shape index (κ3) is 2.97. The Bertz CT molecular complexity index is 402. The zero-order chi connectivity index (χ0) is 11.2. The van der Waals surface area contributed by atoms with Crippen LogP contribution in [0.2, 0.25) is 0 Å². The number of aryl methyl sites for hydroxylation is 2. The molecule has 2 rings (SSSR count). The van der Waals surface area contributed by atoms with Crippen molar-refractivity contribution in [3.63, 3.8) is 0 Å². The highest BCUT2D eigenvalue weighted by Gasteiger charge is 1.96. The molecule has 2 aromatic rings. The molecule has 0 unspecified atom stereocenters. The fourth-order valence-corrected chi connectivity index (χ4v) is 1.65. The molecule has 0 aromatic carbocycles.